The standard InChI is InChI=1S/C29H33N5O4/c1-4-30-26-22(8-9-23(32-26)19-6-5-7-20(14-19)28(37)38)27(36)33-12-10-29(11-13-33)15-21-17-31-34(18(2)3)25(21)24(35)16-29/h5-9,14,17-18H,4,10-13,15-16H2,1-3H3,(H,30,32)(H,37,38). The van der Waals surface area contributed by atoms with Crippen LogP contribution in [0.15, 0.2) is 42.6 Å². The van der Waals surface area contributed by atoms with Gasteiger partial charge in [0.15, 0.2) is 5.78 Å². The van der Waals surface area contributed by atoms with Gasteiger partial charge >= 0.3 is 5.97 Å². The number of carboxylic acids is 1. The number of benzene rings is 1. The number of hydrogen-bond acceptors (Lipinski definition) is 6. The number of amides is 1. The van der Waals surface area contributed by atoms with Gasteiger partial charge in [0.25, 0.3) is 5.91 Å². The van der Waals surface area contributed by atoms with Gasteiger partial charge in [0.2, 0.25) is 0 Å². The van der Waals surface area contributed by atoms with Crippen LogP contribution < -0.4 is 5.32 Å². The zero-order chi connectivity index (χ0) is 27.0. The molecule has 3 heterocycles. The average molecular weight is 516 g/mol. The fourth-order valence-electron chi connectivity index (χ4n) is 5.73. The Morgan fingerprint density at radius 2 is 1.89 bits per heavy atom. The minimum absolute atomic E-state index is 0.0930. The maximum Gasteiger partial charge on any atom is 0.335 e. The summed E-state index contributed by atoms with van der Waals surface area (Å²) in [5, 5.41) is 17.0. The molecule has 1 fully saturated rings. The van der Waals surface area contributed by atoms with E-state index in [9.17, 15) is 19.5 Å². The third-order valence-corrected chi connectivity index (χ3v) is 7.71. The average Bonchev–Trinajstić information content (AvgIpc) is 3.33. The maximum absolute atomic E-state index is 13.6. The topological polar surface area (TPSA) is 117 Å². The van der Waals surface area contributed by atoms with Gasteiger partial charge in [-0.3, -0.25) is 14.3 Å². The van der Waals surface area contributed by atoms with Crippen LogP contribution in [0, 0.1) is 5.41 Å². The Kier molecular flexibility index (Phi) is 6.77. The van der Waals surface area contributed by atoms with Gasteiger partial charge in [0.1, 0.15) is 11.5 Å². The van der Waals surface area contributed by atoms with Gasteiger partial charge in [-0.15, -0.1) is 0 Å². The van der Waals surface area contributed by atoms with Crippen LogP contribution in [0.2, 0.25) is 0 Å². The highest BCUT2D eigenvalue weighted by atomic mass is 16.4. The molecular weight excluding hydrogens is 482 g/mol. The van der Waals surface area contributed by atoms with E-state index in [4.69, 9.17) is 0 Å². The van der Waals surface area contributed by atoms with Crippen molar-refractivity contribution in [2.75, 3.05) is 25.0 Å². The summed E-state index contributed by atoms with van der Waals surface area (Å²) in [5.74, 6) is -0.462. The fraction of sp³-hybridized carbons (Fsp3) is 0.414. The van der Waals surface area contributed by atoms with Crippen LogP contribution in [-0.4, -0.2) is 62.1 Å². The van der Waals surface area contributed by atoms with E-state index in [0.29, 0.717) is 48.7 Å². The lowest BCUT2D eigenvalue weighted by atomic mass is 9.67. The number of pyridine rings is 1. The molecule has 2 aromatic heterocycles. The normalized spacial score (nSPS) is 16.5. The third kappa shape index (κ3) is 4.68. The van der Waals surface area contributed by atoms with Crippen molar-refractivity contribution in [2.45, 2.75) is 52.5 Å². The van der Waals surface area contributed by atoms with Crippen molar-refractivity contribution >= 4 is 23.5 Å². The highest BCUT2D eigenvalue weighted by molar-refractivity contribution is 6.00. The van der Waals surface area contributed by atoms with E-state index in [1.165, 1.54) is 6.07 Å². The molecule has 1 aliphatic carbocycles. The van der Waals surface area contributed by atoms with Crippen molar-refractivity contribution in [1.82, 2.24) is 19.7 Å². The third-order valence-electron chi connectivity index (χ3n) is 7.71. The Hall–Kier alpha value is -4.01. The number of likely N-dealkylation sites (tertiary alicyclic amines) is 1. The van der Waals surface area contributed by atoms with Crippen LogP contribution in [-0.2, 0) is 6.42 Å². The number of carboxylic acid groups (broad SMARTS) is 1. The van der Waals surface area contributed by atoms with Crippen LogP contribution in [0.5, 0.6) is 0 Å². The first-order valence-electron chi connectivity index (χ1n) is 13.2. The SMILES string of the molecule is CCNc1nc(-c2cccc(C(=O)O)c2)ccc1C(=O)N1CCC2(CC1)CC(=O)c1c(cnn1C(C)C)C2. The van der Waals surface area contributed by atoms with Gasteiger partial charge in [0, 0.05) is 43.2 Å². The molecule has 0 radical (unpaired) electrons. The summed E-state index contributed by atoms with van der Waals surface area (Å²) in [7, 11) is 0. The van der Waals surface area contributed by atoms with Crippen LogP contribution in [0.4, 0.5) is 5.82 Å². The number of nitrogens with one attached hydrogen (secondary N) is 1. The Balaban J connectivity index is 1.33. The lowest BCUT2D eigenvalue weighted by Gasteiger charge is -2.43. The minimum Gasteiger partial charge on any atom is -0.478 e. The van der Waals surface area contributed by atoms with Crippen LogP contribution in [0.25, 0.3) is 11.3 Å². The molecule has 0 saturated carbocycles. The summed E-state index contributed by atoms with van der Waals surface area (Å²) in [5.41, 5.74) is 3.58. The number of hydrogen-bond donors (Lipinski definition) is 2. The molecule has 1 spiro atoms. The van der Waals surface area contributed by atoms with Gasteiger partial charge in [0.05, 0.1) is 23.0 Å². The number of ketones is 1. The Morgan fingerprint density at radius 3 is 2.58 bits per heavy atom. The summed E-state index contributed by atoms with van der Waals surface area (Å²) < 4.78 is 1.83. The van der Waals surface area contributed by atoms with Crippen molar-refractivity contribution in [2.24, 2.45) is 5.41 Å². The van der Waals surface area contributed by atoms with Crippen molar-refractivity contribution in [3.05, 3.63) is 65.0 Å². The van der Waals surface area contributed by atoms with Crippen LogP contribution >= 0.6 is 0 Å². The van der Waals surface area contributed by atoms with Crippen molar-refractivity contribution in [1.29, 1.82) is 0 Å². The number of Topliss-reactive ketones (excluding diaryl/α,β-unsaturated/α-hetero) is 1. The van der Waals surface area contributed by atoms with Crippen molar-refractivity contribution in [3.63, 3.8) is 0 Å². The van der Waals surface area contributed by atoms with Gasteiger partial charge in [-0.1, -0.05) is 12.1 Å². The highest BCUT2D eigenvalue weighted by Gasteiger charge is 2.43. The predicted octanol–water partition coefficient (Wildman–Crippen LogP) is 4.71. The molecule has 9 heteroatoms. The minimum atomic E-state index is -1.00. The summed E-state index contributed by atoms with van der Waals surface area (Å²) in [4.78, 5) is 44.6. The molecule has 1 amide bonds. The molecule has 5 rings (SSSR count). The first kappa shape index (κ1) is 25.6. The molecule has 1 aliphatic heterocycles. The zero-order valence-corrected chi connectivity index (χ0v) is 22.0. The largest absolute Gasteiger partial charge is 0.478 e. The number of anilines is 1. The van der Waals surface area contributed by atoms with Crippen molar-refractivity contribution < 1.29 is 19.5 Å². The summed E-state index contributed by atoms with van der Waals surface area (Å²) in [6.07, 6.45) is 4.68. The second-order valence-electron chi connectivity index (χ2n) is 10.6. The number of nitrogens with zero attached hydrogens (tertiary/aromatic N) is 4. The lowest BCUT2D eigenvalue weighted by molar-refractivity contribution is 0.0517. The van der Waals surface area contributed by atoms with E-state index in [0.717, 1.165) is 30.5 Å². The molecule has 0 unspecified atom stereocenters. The van der Waals surface area contributed by atoms with E-state index in [2.05, 4.69) is 15.4 Å². The Bertz CT molecular complexity index is 1400. The molecule has 38 heavy (non-hydrogen) atoms. The first-order valence-corrected chi connectivity index (χ1v) is 13.2. The number of aromatic carboxylic acids is 1. The predicted molar refractivity (Wildman–Crippen MR) is 144 cm³/mol. The fourth-order valence-corrected chi connectivity index (χ4v) is 5.73. The quantitative estimate of drug-likeness (QED) is 0.488. The molecular formula is C29H33N5O4. The molecule has 0 bridgehead atoms. The number of fused-ring (bicyclic) bond motifs is 1. The molecule has 9 nitrogen and oxygen atoms in total. The number of rotatable bonds is 6. The molecule has 2 N–H and O–H groups in total. The number of aromatic nitrogens is 3. The van der Waals surface area contributed by atoms with E-state index in [-0.39, 0.29) is 28.7 Å². The van der Waals surface area contributed by atoms with Crippen LogP contribution in [0.3, 0.4) is 0 Å². The van der Waals surface area contributed by atoms with E-state index in [1.807, 2.05) is 36.5 Å². The second kappa shape index (κ2) is 10.0. The van der Waals surface area contributed by atoms with Gasteiger partial charge < -0.3 is 15.3 Å². The summed E-state index contributed by atoms with van der Waals surface area (Å²) in [6.45, 7) is 7.75. The highest BCUT2D eigenvalue weighted by Crippen LogP contribution is 2.44. The smallest absolute Gasteiger partial charge is 0.335 e. The zero-order valence-electron chi connectivity index (χ0n) is 22.0. The van der Waals surface area contributed by atoms with Gasteiger partial charge in [-0.25, -0.2) is 9.78 Å². The maximum atomic E-state index is 13.6. The second-order valence-corrected chi connectivity index (χ2v) is 10.6. The van der Waals surface area contributed by atoms with E-state index >= 15 is 0 Å². The molecule has 3 aromatic rings. The Morgan fingerprint density at radius 1 is 1.13 bits per heavy atom. The van der Waals surface area contributed by atoms with E-state index < -0.39 is 5.97 Å². The number of carbonyl (C=O) groups is 3. The lowest BCUT2D eigenvalue weighted by Crippen LogP contribution is -2.46. The molecule has 2 aliphatic rings. The Labute approximate surface area is 221 Å². The molecule has 0 atom stereocenters. The van der Waals surface area contributed by atoms with Crippen molar-refractivity contribution in [3.8, 4) is 11.3 Å². The monoisotopic (exact) mass is 515 g/mol. The van der Waals surface area contributed by atoms with Gasteiger partial charge in [-0.05, 0) is 69.7 Å². The number of piperidine rings is 1. The van der Waals surface area contributed by atoms with E-state index in [1.54, 1.807) is 30.3 Å². The number of carbonyl (C=O) groups excluding carboxylic acids is 2. The summed E-state index contributed by atoms with van der Waals surface area (Å²) in [6, 6.07) is 10.3. The van der Waals surface area contributed by atoms with Gasteiger partial charge in [-0.2, -0.15) is 5.10 Å². The molecule has 1 aromatic carbocycles. The first-order chi connectivity index (χ1) is 18.2. The molecule has 198 valence electrons. The van der Waals surface area contributed by atoms with Crippen LogP contribution in [0.1, 0.15) is 82.8 Å². The molecule has 1 saturated heterocycles. The summed E-state index contributed by atoms with van der Waals surface area (Å²) >= 11 is 0.